The topological polar surface area (TPSA) is 117 Å². The number of rotatable bonds is 8. The Kier molecular flexibility index (Phi) is 8.36. The second kappa shape index (κ2) is 12.1. The smallest absolute Gasteiger partial charge is 0.243 e. The van der Waals surface area contributed by atoms with Crippen molar-refractivity contribution in [2.45, 2.75) is 37.3 Å². The summed E-state index contributed by atoms with van der Waals surface area (Å²) in [6, 6.07) is 2.23. The Morgan fingerprint density at radius 1 is 1.02 bits per heavy atom. The van der Waals surface area contributed by atoms with Gasteiger partial charge in [-0.25, -0.2) is 18.7 Å². The molecular formula is C28H31F2N5O5. The summed E-state index contributed by atoms with van der Waals surface area (Å²) in [6.45, 7) is 5.46. The van der Waals surface area contributed by atoms with Crippen molar-refractivity contribution in [2.75, 3.05) is 46.0 Å². The van der Waals surface area contributed by atoms with E-state index in [1.165, 1.54) is 20.3 Å². The number of pyridine rings is 1. The average molecular weight is 556 g/mol. The van der Waals surface area contributed by atoms with E-state index >= 15 is 8.78 Å². The number of carbonyl (C=O) groups excluding carboxylic acids is 1. The quantitative estimate of drug-likeness (QED) is 0.401. The van der Waals surface area contributed by atoms with Crippen LogP contribution in [0.25, 0.3) is 22.2 Å². The number of aromatic nitrogens is 3. The van der Waals surface area contributed by atoms with Gasteiger partial charge in [-0.05, 0) is 31.4 Å². The Bertz CT molecular complexity index is 1390. The van der Waals surface area contributed by atoms with Crippen LogP contribution >= 0.6 is 0 Å². The number of benzene rings is 1. The molecule has 40 heavy (non-hydrogen) atoms. The molecule has 0 bridgehead atoms. The van der Waals surface area contributed by atoms with Crippen molar-refractivity contribution in [3.8, 4) is 22.8 Å². The van der Waals surface area contributed by atoms with Crippen LogP contribution < -0.4 is 20.1 Å². The minimum Gasteiger partial charge on any atom is -0.494 e. The van der Waals surface area contributed by atoms with Crippen LogP contribution in [0.3, 0.4) is 0 Å². The number of nitrogens with one attached hydrogen (secondary N) is 2. The van der Waals surface area contributed by atoms with Gasteiger partial charge in [0, 0.05) is 43.4 Å². The molecule has 0 spiro atoms. The van der Waals surface area contributed by atoms with Crippen LogP contribution in [0.2, 0.25) is 0 Å². The van der Waals surface area contributed by atoms with Gasteiger partial charge >= 0.3 is 0 Å². The molecule has 2 atom stereocenters. The Morgan fingerprint density at radius 3 is 2.40 bits per heavy atom. The zero-order chi connectivity index (χ0) is 28.2. The number of anilines is 1. The number of hydrogen-bond donors (Lipinski definition) is 2. The lowest BCUT2D eigenvalue weighted by atomic mass is 9.93. The molecule has 10 nitrogen and oxygen atoms in total. The summed E-state index contributed by atoms with van der Waals surface area (Å²) >= 11 is 0. The molecule has 2 aromatic heterocycles. The maximum Gasteiger partial charge on any atom is 0.243 e. The fraction of sp³-hybridized carbons (Fsp3) is 0.429. The highest BCUT2D eigenvalue weighted by molar-refractivity contribution is 5.87. The molecule has 0 saturated carbocycles. The van der Waals surface area contributed by atoms with Crippen molar-refractivity contribution < 1.29 is 32.5 Å². The van der Waals surface area contributed by atoms with Crippen molar-refractivity contribution in [3.05, 3.63) is 48.3 Å². The van der Waals surface area contributed by atoms with Gasteiger partial charge < -0.3 is 29.6 Å². The van der Waals surface area contributed by atoms with Crippen LogP contribution in [0.4, 0.5) is 14.7 Å². The molecule has 2 N–H and O–H groups in total. The van der Waals surface area contributed by atoms with E-state index < -0.39 is 11.6 Å². The van der Waals surface area contributed by atoms with Crippen LogP contribution in [0.5, 0.6) is 11.5 Å². The minimum absolute atomic E-state index is 0.0461. The van der Waals surface area contributed by atoms with Gasteiger partial charge in [0.15, 0.2) is 23.1 Å². The monoisotopic (exact) mass is 555 g/mol. The van der Waals surface area contributed by atoms with E-state index in [-0.39, 0.29) is 46.7 Å². The van der Waals surface area contributed by atoms with Crippen molar-refractivity contribution in [3.63, 3.8) is 0 Å². The molecule has 0 radical (unpaired) electrons. The Balaban J connectivity index is 1.59. The van der Waals surface area contributed by atoms with E-state index in [9.17, 15) is 4.79 Å². The highest BCUT2D eigenvalue weighted by Crippen LogP contribution is 2.39. The normalized spacial score (nSPS) is 19.7. The Hall–Kier alpha value is -3.90. The molecule has 2 fully saturated rings. The van der Waals surface area contributed by atoms with E-state index in [0.717, 1.165) is 6.07 Å². The summed E-state index contributed by atoms with van der Waals surface area (Å²) in [6.07, 6.45) is 4.79. The first-order valence-electron chi connectivity index (χ1n) is 13.1. The molecule has 2 aliphatic rings. The number of hydrogen-bond acceptors (Lipinski definition) is 9. The summed E-state index contributed by atoms with van der Waals surface area (Å²) in [5.41, 5.74) is 0.887. The highest BCUT2D eigenvalue weighted by Gasteiger charge is 2.29. The molecule has 1 amide bonds. The number of nitrogens with zero attached hydrogens (tertiary/aromatic N) is 3. The van der Waals surface area contributed by atoms with Gasteiger partial charge in [0.1, 0.15) is 0 Å². The van der Waals surface area contributed by atoms with Crippen LogP contribution in [0, 0.1) is 11.6 Å². The third-order valence-electron chi connectivity index (χ3n) is 7.21. The fourth-order valence-corrected chi connectivity index (χ4v) is 5.09. The summed E-state index contributed by atoms with van der Waals surface area (Å²) < 4.78 is 52.2. The predicted molar refractivity (Wildman–Crippen MR) is 144 cm³/mol. The molecule has 0 aliphatic carbocycles. The highest BCUT2D eigenvalue weighted by atomic mass is 19.1. The molecule has 5 rings (SSSR count). The number of halogens is 2. The molecule has 2 saturated heterocycles. The maximum absolute atomic E-state index is 15.4. The van der Waals surface area contributed by atoms with E-state index in [1.54, 1.807) is 12.3 Å². The van der Waals surface area contributed by atoms with Crippen molar-refractivity contribution >= 4 is 22.8 Å². The lowest BCUT2D eigenvalue weighted by Crippen LogP contribution is -2.52. The number of methoxy groups -OCH3 is 2. The summed E-state index contributed by atoms with van der Waals surface area (Å²) in [7, 11) is 2.60. The minimum atomic E-state index is -0.880. The molecule has 4 heterocycles. The molecule has 1 aromatic carbocycles. The van der Waals surface area contributed by atoms with Crippen LogP contribution in [0.1, 0.15) is 30.9 Å². The van der Waals surface area contributed by atoms with E-state index in [1.807, 2.05) is 0 Å². The molecule has 3 aromatic rings. The van der Waals surface area contributed by atoms with Crippen LogP contribution in [-0.4, -0.2) is 73.6 Å². The van der Waals surface area contributed by atoms with Gasteiger partial charge in [-0.2, -0.15) is 0 Å². The molecule has 12 heteroatoms. The van der Waals surface area contributed by atoms with Crippen molar-refractivity contribution in [1.29, 1.82) is 0 Å². The van der Waals surface area contributed by atoms with Crippen LogP contribution in [-0.2, 0) is 14.3 Å². The predicted octanol–water partition coefficient (Wildman–Crippen LogP) is 3.75. The van der Waals surface area contributed by atoms with Gasteiger partial charge in [0.05, 0.1) is 55.4 Å². The number of amides is 1. The maximum atomic E-state index is 15.4. The number of fused-ring (bicyclic) bond motifs is 1. The molecule has 2 aliphatic heterocycles. The SMILES string of the molecule is C=CC(=O)N[C@H]1CCOC[C@H]1Nc1ncc2cc(-c3c(F)c(OC)cc(OC)c3F)nc(C3CCOCC3)c2n1. The summed E-state index contributed by atoms with van der Waals surface area (Å²) in [5, 5.41) is 6.76. The van der Waals surface area contributed by atoms with Crippen molar-refractivity contribution in [2.24, 2.45) is 0 Å². The number of ether oxygens (including phenoxy) is 4. The average Bonchev–Trinajstić information content (AvgIpc) is 2.98. The van der Waals surface area contributed by atoms with E-state index in [0.29, 0.717) is 68.2 Å². The van der Waals surface area contributed by atoms with E-state index in [4.69, 9.17) is 28.9 Å². The zero-order valence-corrected chi connectivity index (χ0v) is 22.3. The lowest BCUT2D eigenvalue weighted by Gasteiger charge is -2.32. The first-order valence-corrected chi connectivity index (χ1v) is 13.1. The largest absolute Gasteiger partial charge is 0.494 e. The van der Waals surface area contributed by atoms with Gasteiger partial charge in [-0.3, -0.25) is 9.78 Å². The lowest BCUT2D eigenvalue weighted by molar-refractivity contribution is -0.117. The van der Waals surface area contributed by atoms with Gasteiger partial charge in [0.25, 0.3) is 0 Å². The standard InChI is InChI=1S/C28H31F2N5O5/c1-4-22(36)32-17-7-10-40-14-19(17)34-28-31-13-16-11-18(23-24(29)20(37-2)12-21(38-3)25(23)30)33-26(27(16)35-28)15-5-8-39-9-6-15/h4,11-13,15,17,19H,1,5-10,14H2,2-3H3,(H,32,36)(H,31,34,35)/t17-,19+/m0/s1. The Morgan fingerprint density at radius 2 is 1.73 bits per heavy atom. The molecule has 212 valence electrons. The van der Waals surface area contributed by atoms with Crippen molar-refractivity contribution in [1.82, 2.24) is 20.3 Å². The first-order chi connectivity index (χ1) is 19.4. The fourth-order valence-electron chi connectivity index (χ4n) is 5.09. The third kappa shape index (κ3) is 5.54. The second-order valence-corrected chi connectivity index (χ2v) is 9.63. The summed E-state index contributed by atoms with van der Waals surface area (Å²) in [4.78, 5) is 25.9. The molecule has 0 unspecified atom stereocenters. The second-order valence-electron chi connectivity index (χ2n) is 9.63. The van der Waals surface area contributed by atoms with Gasteiger partial charge in [-0.15, -0.1) is 0 Å². The first kappa shape index (κ1) is 27.7. The van der Waals surface area contributed by atoms with Gasteiger partial charge in [-0.1, -0.05) is 6.58 Å². The third-order valence-corrected chi connectivity index (χ3v) is 7.21. The Labute approximate surface area is 230 Å². The molecular weight excluding hydrogens is 524 g/mol. The zero-order valence-electron chi connectivity index (χ0n) is 22.3. The van der Waals surface area contributed by atoms with Gasteiger partial charge in [0.2, 0.25) is 11.9 Å². The number of carbonyl (C=O) groups is 1. The van der Waals surface area contributed by atoms with Crippen LogP contribution in [0.15, 0.2) is 31.0 Å². The van der Waals surface area contributed by atoms with E-state index in [2.05, 4.69) is 22.2 Å². The summed E-state index contributed by atoms with van der Waals surface area (Å²) in [5.74, 6) is -2.08.